The number of carbonyl (C=O) groups excluding carboxylic acids is 1. The minimum Gasteiger partial charge on any atom is -0.491 e. The summed E-state index contributed by atoms with van der Waals surface area (Å²) in [5, 5.41) is 2.94. The van der Waals surface area contributed by atoms with Gasteiger partial charge in [-0.25, -0.2) is 0 Å². The molecule has 2 unspecified atom stereocenters. The molecule has 2 aromatic rings. The summed E-state index contributed by atoms with van der Waals surface area (Å²) in [7, 11) is 0. The Morgan fingerprint density at radius 3 is 2.33 bits per heavy atom. The summed E-state index contributed by atoms with van der Waals surface area (Å²) in [5.74, 6) is 1.37. The van der Waals surface area contributed by atoms with Gasteiger partial charge in [0.05, 0.1) is 6.04 Å². The number of benzene rings is 2. The van der Waals surface area contributed by atoms with Gasteiger partial charge in [-0.15, -0.1) is 0 Å². The van der Waals surface area contributed by atoms with Gasteiger partial charge in [-0.3, -0.25) is 4.79 Å². The van der Waals surface area contributed by atoms with Crippen molar-refractivity contribution in [3.63, 3.8) is 0 Å². The summed E-state index contributed by atoms with van der Waals surface area (Å²) in [6, 6.07) is 17.1. The zero-order valence-corrected chi connectivity index (χ0v) is 14.5. The van der Waals surface area contributed by atoms with Crippen molar-refractivity contribution in [1.82, 2.24) is 5.32 Å². The lowest BCUT2D eigenvalue weighted by Crippen LogP contribution is -2.44. The second-order valence-corrected chi connectivity index (χ2v) is 5.86. The van der Waals surface area contributed by atoms with Crippen LogP contribution in [0.3, 0.4) is 0 Å². The van der Waals surface area contributed by atoms with Gasteiger partial charge in [0.15, 0.2) is 6.10 Å². The van der Waals surface area contributed by atoms with Crippen molar-refractivity contribution in [3.05, 3.63) is 60.2 Å². The Hall–Kier alpha value is -2.49. The molecule has 128 valence electrons. The van der Waals surface area contributed by atoms with Crippen molar-refractivity contribution in [3.8, 4) is 11.5 Å². The number of aryl methyl sites for hydroxylation is 1. The quantitative estimate of drug-likeness (QED) is 0.803. The van der Waals surface area contributed by atoms with Gasteiger partial charge in [-0.2, -0.15) is 0 Å². The Balaban J connectivity index is 1.81. The average Bonchev–Trinajstić information content (AvgIpc) is 2.60. The molecule has 4 nitrogen and oxygen atoms in total. The van der Waals surface area contributed by atoms with Gasteiger partial charge in [-0.1, -0.05) is 42.8 Å². The number of rotatable bonds is 8. The van der Waals surface area contributed by atoms with E-state index in [-0.39, 0.29) is 11.9 Å². The molecule has 0 radical (unpaired) electrons. The SMILES string of the molecule is CCC(Oc1ccccc1)C(=O)NC(C)COc1ccc(C)cc1. The predicted molar refractivity (Wildman–Crippen MR) is 95.4 cm³/mol. The maximum absolute atomic E-state index is 12.4. The fraction of sp³-hybridized carbons (Fsp3) is 0.350. The maximum Gasteiger partial charge on any atom is 0.261 e. The lowest BCUT2D eigenvalue weighted by Gasteiger charge is -2.20. The number of amides is 1. The summed E-state index contributed by atoms with van der Waals surface area (Å²) in [6.45, 7) is 6.29. The summed E-state index contributed by atoms with van der Waals surface area (Å²) in [6.07, 6.45) is 0.0981. The Labute approximate surface area is 143 Å². The van der Waals surface area contributed by atoms with E-state index in [0.717, 1.165) is 5.75 Å². The Morgan fingerprint density at radius 2 is 1.71 bits per heavy atom. The molecule has 1 N–H and O–H groups in total. The Kier molecular flexibility index (Phi) is 6.67. The molecule has 0 aliphatic carbocycles. The van der Waals surface area contributed by atoms with Crippen LogP contribution in [0.2, 0.25) is 0 Å². The molecule has 0 fully saturated rings. The number of hydrogen-bond donors (Lipinski definition) is 1. The highest BCUT2D eigenvalue weighted by molar-refractivity contribution is 5.81. The molecule has 0 saturated heterocycles. The molecular weight excluding hydrogens is 302 g/mol. The molecular formula is C20H25NO3. The smallest absolute Gasteiger partial charge is 0.261 e. The summed E-state index contributed by atoms with van der Waals surface area (Å²) in [4.78, 5) is 12.4. The third-order valence-corrected chi connectivity index (χ3v) is 3.59. The van der Waals surface area contributed by atoms with Crippen LogP contribution in [0, 0.1) is 6.92 Å². The van der Waals surface area contributed by atoms with Gasteiger partial charge in [0.1, 0.15) is 18.1 Å². The molecule has 4 heteroatoms. The summed E-state index contributed by atoms with van der Waals surface area (Å²) < 4.78 is 11.4. The zero-order valence-electron chi connectivity index (χ0n) is 14.5. The molecule has 0 bridgehead atoms. The molecule has 0 saturated carbocycles. The standard InChI is InChI=1S/C20H25NO3/c1-4-19(24-18-8-6-5-7-9-18)20(22)21-16(3)14-23-17-12-10-15(2)11-13-17/h5-13,16,19H,4,14H2,1-3H3,(H,21,22). The third kappa shape index (κ3) is 5.61. The normalized spacial score (nSPS) is 13.0. The monoisotopic (exact) mass is 327 g/mol. The molecule has 2 atom stereocenters. The van der Waals surface area contributed by atoms with Gasteiger partial charge in [0, 0.05) is 0 Å². The van der Waals surface area contributed by atoms with E-state index in [9.17, 15) is 4.79 Å². The molecule has 0 aliphatic heterocycles. The number of carbonyl (C=O) groups is 1. The molecule has 0 aliphatic rings. The molecule has 1 amide bonds. The topological polar surface area (TPSA) is 47.6 Å². The van der Waals surface area contributed by atoms with Crippen molar-refractivity contribution >= 4 is 5.91 Å². The van der Waals surface area contributed by atoms with E-state index in [4.69, 9.17) is 9.47 Å². The largest absolute Gasteiger partial charge is 0.491 e. The van der Waals surface area contributed by atoms with Crippen molar-refractivity contribution in [1.29, 1.82) is 0 Å². The molecule has 0 aromatic heterocycles. The van der Waals surface area contributed by atoms with Crippen LogP contribution in [0.25, 0.3) is 0 Å². The second-order valence-electron chi connectivity index (χ2n) is 5.86. The second kappa shape index (κ2) is 8.96. The van der Waals surface area contributed by atoms with E-state index >= 15 is 0 Å². The van der Waals surface area contributed by atoms with E-state index in [1.165, 1.54) is 5.56 Å². The van der Waals surface area contributed by atoms with Crippen LogP contribution < -0.4 is 14.8 Å². The molecule has 0 heterocycles. The zero-order chi connectivity index (χ0) is 17.4. The van der Waals surface area contributed by atoms with Gasteiger partial charge >= 0.3 is 0 Å². The van der Waals surface area contributed by atoms with Gasteiger partial charge in [0.2, 0.25) is 0 Å². The highest BCUT2D eigenvalue weighted by Crippen LogP contribution is 2.13. The first-order valence-electron chi connectivity index (χ1n) is 8.30. The highest BCUT2D eigenvalue weighted by Gasteiger charge is 2.20. The van der Waals surface area contributed by atoms with Crippen LogP contribution in [-0.4, -0.2) is 24.7 Å². The van der Waals surface area contributed by atoms with Crippen LogP contribution in [0.15, 0.2) is 54.6 Å². The summed E-state index contributed by atoms with van der Waals surface area (Å²) >= 11 is 0. The lowest BCUT2D eigenvalue weighted by molar-refractivity contribution is -0.128. The van der Waals surface area contributed by atoms with Crippen LogP contribution >= 0.6 is 0 Å². The van der Waals surface area contributed by atoms with Crippen molar-refractivity contribution in [2.24, 2.45) is 0 Å². The molecule has 24 heavy (non-hydrogen) atoms. The van der Waals surface area contributed by atoms with E-state index in [0.29, 0.717) is 18.8 Å². The van der Waals surface area contributed by atoms with E-state index in [2.05, 4.69) is 5.32 Å². The number of para-hydroxylation sites is 1. The van der Waals surface area contributed by atoms with Crippen LogP contribution in [0.1, 0.15) is 25.8 Å². The molecule has 0 spiro atoms. The van der Waals surface area contributed by atoms with Gasteiger partial charge in [-0.05, 0) is 44.5 Å². The number of nitrogens with one attached hydrogen (secondary N) is 1. The van der Waals surface area contributed by atoms with Gasteiger partial charge in [0.25, 0.3) is 5.91 Å². The Morgan fingerprint density at radius 1 is 1.04 bits per heavy atom. The van der Waals surface area contributed by atoms with Crippen LogP contribution in [-0.2, 0) is 4.79 Å². The first kappa shape index (κ1) is 17.9. The van der Waals surface area contributed by atoms with Crippen molar-refractivity contribution < 1.29 is 14.3 Å². The minimum absolute atomic E-state index is 0.104. The third-order valence-electron chi connectivity index (χ3n) is 3.59. The maximum atomic E-state index is 12.4. The van der Waals surface area contributed by atoms with Crippen molar-refractivity contribution in [2.75, 3.05) is 6.61 Å². The van der Waals surface area contributed by atoms with Crippen LogP contribution in [0.5, 0.6) is 11.5 Å². The number of ether oxygens (including phenoxy) is 2. The first-order chi connectivity index (χ1) is 11.6. The molecule has 2 aromatic carbocycles. The van der Waals surface area contributed by atoms with E-state index < -0.39 is 6.10 Å². The first-order valence-corrected chi connectivity index (χ1v) is 8.30. The minimum atomic E-state index is -0.505. The average molecular weight is 327 g/mol. The molecule has 2 rings (SSSR count). The van der Waals surface area contributed by atoms with E-state index in [1.807, 2.05) is 75.4 Å². The van der Waals surface area contributed by atoms with E-state index in [1.54, 1.807) is 0 Å². The lowest BCUT2D eigenvalue weighted by atomic mass is 10.2. The predicted octanol–water partition coefficient (Wildman–Crippen LogP) is 3.74. The fourth-order valence-electron chi connectivity index (χ4n) is 2.22. The fourth-order valence-corrected chi connectivity index (χ4v) is 2.22. The summed E-state index contributed by atoms with van der Waals surface area (Å²) in [5.41, 5.74) is 1.19. The number of hydrogen-bond acceptors (Lipinski definition) is 3. The van der Waals surface area contributed by atoms with Crippen LogP contribution in [0.4, 0.5) is 0 Å². The van der Waals surface area contributed by atoms with Crippen molar-refractivity contribution in [2.45, 2.75) is 39.3 Å². The highest BCUT2D eigenvalue weighted by atomic mass is 16.5. The Bertz CT molecular complexity index is 625. The van der Waals surface area contributed by atoms with Gasteiger partial charge < -0.3 is 14.8 Å².